The van der Waals surface area contributed by atoms with Gasteiger partial charge in [-0.05, 0) is 38.0 Å². The van der Waals surface area contributed by atoms with Gasteiger partial charge >= 0.3 is 0 Å². The third-order valence-corrected chi connectivity index (χ3v) is 5.26. The van der Waals surface area contributed by atoms with Crippen molar-refractivity contribution >= 4 is 40.1 Å². The zero-order chi connectivity index (χ0) is 14.0. The van der Waals surface area contributed by atoms with Crippen LogP contribution in [0.4, 0.5) is 0 Å². The quantitative estimate of drug-likeness (QED) is 0.856. The van der Waals surface area contributed by atoms with E-state index in [2.05, 4.69) is 19.2 Å². The number of nitrogens with one attached hydrogen (secondary N) is 1. The summed E-state index contributed by atoms with van der Waals surface area (Å²) in [7, 11) is 0. The van der Waals surface area contributed by atoms with Gasteiger partial charge < -0.3 is 5.32 Å². The molecule has 1 aliphatic rings. The first kappa shape index (κ1) is 15.0. The van der Waals surface area contributed by atoms with Gasteiger partial charge in [-0.2, -0.15) is 0 Å². The topological polar surface area (TPSA) is 24.4 Å². The zero-order valence-electron chi connectivity index (χ0n) is 11.3. The Labute approximate surface area is 129 Å². The van der Waals surface area contributed by atoms with Crippen molar-refractivity contribution in [2.24, 2.45) is 4.99 Å². The van der Waals surface area contributed by atoms with Crippen molar-refractivity contribution in [2.75, 3.05) is 5.75 Å². The monoisotopic (exact) mass is 316 g/mol. The predicted molar refractivity (Wildman–Crippen MR) is 86.6 cm³/mol. The van der Waals surface area contributed by atoms with Gasteiger partial charge in [0.1, 0.15) is 0 Å². The maximum atomic E-state index is 6.21. The molecule has 19 heavy (non-hydrogen) atoms. The number of benzene rings is 1. The predicted octanol–water partition coefficient (Wildman–Crippen LogP) is 4.92. The van der Waals surface area contributed by atoms with Crippen LogP contribution in [-0.4, -0.2) is 16.5 Å². The van der Waals surface area contributed by atoms with Crippen molar-refractivity contribution in [3.63, 3.8) is 0 Å². The van der Waals surface area contributed by atoms with Gasteiger partial charge in [0.05, 0.1) is 6.04 Å². The number of hydrogen-bond acceptors (Lipinski definition) is 2. The molecular formula is C14H18Cl2N2S. The van der Waals surface area contributed by atoms with Gasteiger partial charge in [-0.15, -0.1) is 0 Å². The molecule has 0 amide bonds. The molecule has 0 spiro atoms. The molecule has 2 rings (SSSR count). The van der Waals surface area contributed by atoms with Gasteiger partial charge in [0, 0.05) is 21.3 Å². The SMILES string of the molecule is CCC1(C)CSC(=NC(C)c2ccc(Cl)cc2Cl)N1. The highest BCUT2D eigenvalue weighted by Gasteiger charge is 2.30. The average Bonchev–Trinajstić information content (AvgIpc) is 2.71. The smallest absolute Gasteiger partial charge is 0.157 e. The third kappa shape index (κ3) is 3.59. The van der Waals surface area contributed by atoms with Gasteiger partial charge in [0.15, 0.2) is 5.17 Å². The Balaban J connectivity index is 2.15. The molecule has 2 unspecified atom stereocenters. The Morgan fingerprint density at radius 3 is 2.79 bits per heavy atom. The molecule has 1 fully saturated rings. The van der Waals surface area contributed by atoms with Crippen LogP contribution in [-0.2, 0) is 0 Å². The van der Waals surface area contributed by atoms with E-state index in [1.54, 1.807) is 17.8 Å². The summed E-state index contributed by atoms with van der Waals surface area (Å²) in [6.07, 6.45) is 1.09. The first-order valence-electron chi connectivity index (χ1n) is 6.37. The number of aliphatic imine (C=N–C) groups is 1. The summed E-state index contributed by atoms with van der Waals surface area (Å²) in [6.45, 7) is 6.46. The fraction of sp³-hybridized carbons (Fsp3) is 0.500. The lowest BCUT2D eigenvalue weighted by atomic mass is 10.0. The second kappa shape index (κ2) is 5.94. The number of rotatable bonds is 3. The summed E-state index contributed by atoms with van der Waals surface area (Å²) < 4.78 is 0. The Morgan fingerprint density at radius 2 is 2.21 bits per heavy atom. The van der Waals surface area contributed by atoms with Crippen LogP contribution in [0.2, 0.25) is 10.0 Å². The highest BCUT2D eigenvalue weighted by Crippen LogP contribution is 2.31. The van der Waals surface area contributed by atoms with Gasteiger partial charge in [-0.25, -0.2) is 0 Å². The highest BCUT2D eigenvalue weighted by molar-refractivity contribution is 8.14. The normalized spacial score (nSPS) is 26.5. The molecule has 1 N–H and O–H groups in total. The summed E-state index contributed by atoms with van der Waals surface area (Å²) in [5.41, 5.74) is 1.17. The number of amidine groups is 1. The van der Waals surface area contributed by atoms with E-state index in [1.165, 1.54) is 0 Å². The first-order chi connectivity index (χ1) is 8.93. The number of halogens is 2. The maximum absolute atomic E-state index is 6.21. The average molecular weight is 317 g/mol. The van der Waals surface area contributed by atoms with Gasteiger partial charge in [-0.3, -0.25) is 4.99 Å². The van der Waals surface area contributed by atoms with Crippen LogP contribution >= 0.6 is 35.0 Å². The van der Waals surface area contributed by atoms with Gasteiger partial charge in [-0.1, -0.05) is 48.0 Å². The third-order valence-electron chi connectivity index (χ3n) is 3.44. The van der Waals surface area contributed by atoms with Crippen molar-refractivity contribution in [2.45, 2.75) is 38.8 Å². The minimum atomic E-state index is 0.0268. The summed E-state index contributed by atoms with van der Waals surface area (Å²) in [5.74, 6) is 1.06. The van der Waals surface area contributed by atoms with E-state index in [1.807, 2.05) is 19.1 Å². The summed E-state index contributed by atoms with van der Waals surface area (Å²) >= 11 is 13.9. The van der Waals surface area contributed by atoms with Crippen LogP contribution < -0.4 is 5.32 Å². The van der Waals surface area contributed by atoms with Crippen molar-refractivity contribution in [1.82, 2.24) is 5.32 Å². The second-order valence-electron chi connectivity index (χ2n) is 5.10. The largest absolute Gasteiger partial charge is 0.359 e. The molecule has 0 saturated carbocycles. The fourth-order valence-corrected chi connectivity index (χ4v) is 3.75. The molecule has 0 aliphatic carbocycles. The molecular weight excluding hydrogens is 299 g/mol. The Morgan fingerprint density at radius 1 is 1.47 bits per heavy atom. The van der Waals surface area contributed by atoms with E-state index >= 15 is 0 Å². The van der Waals surface area contributed by atoms with E-state index in [9.17, 15) is 0 Å². The standard InChI is InChI=1S/C14H18Cl2N2S/c1-4-14(3)8-19-13(18-14)17-9(2)11-6-5-10(15)7-12(11)16/h5-7,9H,4,8H2,1-3H3,(H,17,18). The molecule has 1 aliphatic heterocycles. The van der Waals surface area contributed by atoms with Crippen molar-refractivity contribution in [1.29, 1.82) is 0 Å². The lowest BCUT2D eigenvalue weighted by Crippen LogP contribution is -2.39. The molecule has 0 bridgehead atoms. The summed E-state index contributed by atoms with van der Waals surface area (Å²) in [6, 6.07) is 5.59. The van der Waals surface area contributed by atoms with E-state index in [0.717, 1.165) is 22.9 Å². The van der Waals surface area contributed by atoms with Crippen molar-refractivity contribution < 1.29 is 0 Å². The molecule has 2 nitrogen and oxygen atoms in total. The number of thioether (sulfide) groups is 1. The molecule has 5 heteroatoms. The maximum Gasteiger partial charge on any atom is 0.157 e. The van der Waals surface area contributed by atoms with Crippen LogP contribution in [0.25, 0.3) is 0 Å². The summed E-state index contributed by atoms with van der Waals surface area (Å²) in [4.78, 5) is 4.72. The zero-order valence-corrected chi connectivity index (χ0v) is 13.7. The van der Waals surface area contributed by atoms with E-state index in [0.29, 0.717) is 10.0 Å². The van der Waals surface area contributed by atoms with Crippen LogP contribution in [0.5, 0.6) is 0 Å². The van der Waals surface area contributed by atoms with Crippen molar-refractivity contribution in [3.8, 4) is 0 Å². The molecule has 1 saturated heterocycles. The Bertz CT molecular complexity index is 504. The van der Waals surface area contributed by atoms with Crippen LogP contribution in [0.3, 0.4) is 0 Å². The molecule has 0 radical (unpaired) electrons. The minimum absolute atomic E-state index is 0.0268. The molecule has 0 aromatic heterocycles. The molecule has 1 aromatic carbocycles. The highest BCUT2D eigenvalue weighted by atomic mass is 35.5. The molecule has 1 heterocycles. The lowest BCUT2D eigenvalue weighted by Gasteiger charge is -2.21. The fourth-order valence-electron chi connectivity index (χ4n) is 1.90. The Kier molecular flexibility index (Phi) is 4.70. The first-order valence-corrected chi connectivity index (χ1v) is 8.11. The minimum Gasteiger partial charge on any atom is -0.359 e. The number of hydrogen-bond donors (Lipinski definition) is 1. The Hall–Kier alpha value is -0.380. The molecule has 1 aromatic rings. The van der Waals surface area contributed by atoms with Gasteiger partial charge in [0.25, 0.3) is 0 Å². The summed E-state index contributed by atoms with van der Waals surface area (Å²) in [5, 5.41) is 5.82. The van der Waals surface area contributed by atoms with Crippen molar-refractivity contribution in [3.05, 3.63) is 33.8 Å². The van der Waals surface area contributed by atoms with Crippen LogP contribution in [0, 0.1) is 0 Å². The second-order valence-corrected chi connectivity index (χ2v) is 6.91. The van der Waals surface area contributed by atoms with Gasteiger partial charge in [0.2, 0.25) is 0 Å². The van der Waals surface area contributed by atoms with Crippen LogP contribution in [0.1, 0.15) is 38.8 Å². The number of nitrogens with zero attached hydrogens (tertiary/aromatic N) is 1. The van der Waals surface area contributed by atoms with E-state index in [-0.39, 0.29) is 11.6 Å². The van der Waals surface area contributed by atoms with Crippen LogP contribution in [0.15, 0.2) is 23.2 Å². The van der Waals surface area contributed by atoms with E-state index < -0.39 is 0 Å². The van der Waals surface area contributed by atoms with E-state index in [4.69, 9.17) is 28.2 Å². The molecule has 2 atom stereocenters. The molecule has 104 valence electrons. The lowest BCUT2D eigenvalue weighted by molar-refractivity contribution is 0.465.